The van der Waals surface area contributed by atoms with Gasteiger partial charge in [0.25, 0.3) is 16.7 Å². The van der Waals surface area contributed by atoms with Gasteiger partial charge < -0.3 is 32.3 Å². The molecule has 0 aliphatic carbocycles. The standard InChI is InChI=1S/C21H37N3O5Si2.C18H29N3O5Si.C17H28N2O5Si/c1-14-12-24(19(26)23-17(14)25)18-15(2)16(29-31(10,11)20(3,4)5)21(22-6,28-18)13-27-30(7,8)9;1-11-9-21(16(24)20-14(11)23)15-12(2)13(18(10-22,19-6)25-15)26-27(7,8)17(3,4)5;1-10-8-19(15(21)18-13(10)20)14-11(2)12(17(23-14)9-22-17)24-25(6,7)16(3,4)5/h12,15-16,18H,13H2,1-5,7-11H3,(H,23,25,26);9,12-13,15,22H,10H2,1-5,7-8H3,(H,20,23,24);8,11-12,14H,9H2,1-7H3,(H,18,20,21). The average molecular weight is 1230 g/mol. The molecule has 7 heterocycles. The minimum atomic E-state index is -2.28. The van der Waals surface area contributed by atoms with Gasteiger partial charge in [0.1, 0.15) is 25.5 Å². The minimum Gasteiger partial charge on any atom is -0.408 e. The van der Waals surface area contributed by atoms with Crippen molar-refractivity contribution in [2.24, 2.45) is 17.8 Å². The van der Waals surface area contributed by atoms with E-state index in [1.165, 1.54) is 26.1 Å². The zero-order valence-electron chi connectivity index (χ0n) is 53.4. The van der Waals surface area contributed by atoms with Crippen molar-refractivity contribution in [3.8, 4) is 0 Å². The van der Waals surface area contributed by atoms with Crippen molar-refractivity contribution < 1.29 is 41.8 Å². The van der Waals surface area contributed by atoms with E-state index < -0.39 is 116 Å². The molecular weight excluding hydrogens is 1140 g/mol. The highest BCUT2D eigenvalue weighted by Gasteiger charge is 2.67. The van der Waals surface area contributed by atoms with Crippen LogP contribution in [0.1, 0.15) is 118 Å². The second-order valence-corrected chi connectivity index (χ2v) is 47.3. The minimum absolute atomic E-state index is 0.0618. The Morgan fingerprint density at radius 2 is 0.843 bits per heavy atom. The number of aromatic amines is 3. The third-order valence-corrected chi connectivity index (χ3v) is 32.1. The second-order valence-electron chi connectivity index (χ2n) is 28.5. The van der Waals surface area contributed by atoms with Crippen LogP contribution in [-0.2, 0) is 36.7 Å². The second kappa shape index (κ2) is 24.0. The van der Waals surface area contributed by atoms with Gasteiger partial charge >= 0.3 is 28.5 Å². The molecule has 4 aliphatic heterocycles. The number of epoxide rings is 1. The van der Waals surface area contributed by atoms with Crippen molar-refractivity contribution in [3.63, 3.8) is 0 Å². The fourth-order valence-electron chi connectivity index (χ4n) is 9.27. The molecule has 0 aromatic carbocycles. The molecule has 0 saturated carbocycles. The maximum absolute atomic E-state index is 12.6. The van der Waals surface area contributed by atoms with Gasteiger partial charge in [-0.15, -0.1) is 0 Å². The molecule has 0 bridgehead atoms. The van der Waals surface area contributed by atoms with Crippen LogP contribution >= 0.6 is 0 Å². The molecule has 4 saturated heterocycles. The van der Waals surface area contributed by atoms with Crippen molar-refractivity contribution in [1.29, 1.82) is 0 Å². The van der Waals surface area contributed by atoms with E-state index in [0.717, 1.165) is 0 Å². The van der Waals surface area contributed by atoms with Crippen LogP contribution in [0.4, 0.5) is 0 Å². The fraction of sp³-hybridized carbons (Fsp3) is 0.750. The molecule has 1 spiro atoms. The molecule has 7 rings (SSSR count). The summed E-state index contributed by atoms with van der Waals surface area (Å²) in [5, 5.41) is 9.89. The zero-order chi connectivity index (χ0) is 63.6. The number of aliphatic hydroxyl groups excluding tert-OH is 1. The van der Waals surface area contributed by atoms with Crippen LogP contribution in [0.25, 0.3) is 9.69 Å². The number of H-pyrrole nitrogens is 3. The van der Waals surface area contributed by atoms with Gasteiger partial charge in [0.2, 0.25) is 5.79 Å². The van der Waals surface area contributed by atoms with Gasteiger partial charge in [0.05, 0.1) is 0 Å². The largest absolute Gasteiger partial charge is 0.408 e. The van der Waals surface area contributed by atoms with Crippen molar-refractivity contribution in [2.75, 3.05) is 19.8 Å². The number of nitrogens with one attached hydrogen (secondary N) is 3. The summed E-state index contributed by atoms with van der Waals surface area (Å²) in [5.41, 5.74) is -4.67. The smallest absolute Gasteiger partial charge is 0.387 e. The van der Waals surface area contributed by atoms with E-state index in [4.69, 9.17) is 49.8 Å². The third-order valence-electron chi connectivity index (χ3n) is 17.8. The summed E-state index contributed by atoms with van der Waals surface area (Å²) < 4.78 is 54.0. The lowest BCUT2D eigenvalue weighted by atomic mass is 9.98. The van der Waals surface area contributed by atoms with Gasteiger partial charge in [-0.2, -0.15) is 0 Å². The highest BCUT2D eigenvalue weighted by Crippen LogP contribution is 2.54. The molecule has 0 amide bonds. The Morgan fingerprint density at radius 3 is 1.13 bits per heavy atom. The van der Waals surface area contributed by atoms with E-state index in [0.29, 0.717) is 23.3 Å². The number of nitrogens with zero attached hydrogens (tertiary/aromatic N) is 5. The molecule has 4 fully saturated rings. The molecule has 0 radical (unpaired) electrons. The number of aliphatic hydroxyl groups is 1. The number of aryl methyl sites for hydroxylation is 3. The van der Waals surface area contributed by atoms with E-state index in [9.17, 15) is 33.9 Å². The van der Waals surface area contributed by atoms with E-state index in [1.807, 2.05) is 20.8 Å². The van der Waals surface area contributed by atoms with E-state index >= 15 is 0 Å². The maximum atomic E-state index is 12.6. The summed E-state index contributed by atoms with van der Waals surface area (Å²) in [6, 6.07) is 0. The highest BCUT2D eigenvalue weighted by molar-refractivity contribution is 6.75. The highest BCUT2D eigenvalue weighted by atomic mass is 28.4. The monoisotopic (exact) mass is 1230 g/mol. The van der Waals surface area contributed by atoms with E-state index in [2.05, 4.69) is 146 Å². The number of ether oxygens (including phenoxy) is 4. The summed E-state index contributed by atoms with van der Waals surface area (Å²) in [7, 11) is -8.52. The summed E-state index contributed by atoms with van der Waals surface area (Å²) in [6.45, 7) is 64.6. The Labute approximate surface area is 491 Å². The summed E-state index contributed by atoms with van der Waals surface area (Å²) in [4.78, 5) is 86.7. The lowest BCUT2D eigenvalue weighted by Crippen LogP contribution is -2.53. The lowest BCUT2D eigenvalue weighted by molar-refractivity contribution is -0.0976. The molecule has 23 nitrogen and oxygen atoms in total. The Bertz CT molecular complexity index is 3310. The topological polar surface area (TPSA) is 271 Å². The summed E-state index contributed by atoms with van der Waals surface area (Å²) >= 11 is 0. The van der Waals surface area contributed by atoms with Crippen LogP contribution in [0.3, 0.4) is 0 Å². The molecule has 12 unspecified atom stereocenters. The lowest BCUT2D eigenvalue weighted by Gasteiger charge is -2.40. The van der Waals surface area contributed by atoms with Crippen LogP contribution in [0.15, 0.2) is 47.4 Å². The Hall–Kier alpha value is -4.47. The fourth-order valence-corrected chi connectivity index (χ4v) is 14.1. The van der Waals surface area contributed by atoms with Crippen molar-refractivity contribution in [1.82, 2.24) is 28.7 Å². The van der Waals surface area contributed by atoms with Crippen molar-refractivity contribution in [3.05, 3.63) is 121 Å². The first-order valence-corrected chi connectivity index (χ1v) is 40.4. The Kier molecular flexibility index (Phi) is 20.0. The first kappa shape index (κ1) is 69.3. The van der Waals surface area contributed by atoms with Gasteiger partial charge in [-0.25, -0.2) is 27.5 Å². The predicted molar refractivity (Wildman–Crippen MR) is 326 cm³/mol. The van der Waals surface area contributed by atoms with Crippen LogP contribution < -0.4 is 33.7 Å². The molecule has 4 N–H and O–H groups in total. The van der Waals surface area contributed by atoms with Gasteiger partial charge in [-0.3, -0.25) is 62.2 Å². The Morgan fingerprint density at radius 1 is 0.554 bits per heavy atom. The third kappa shape index (κ3) is 14.4. The van der Waals surface area contributed by atoms with Gasteiger partial charge in [-0.1, -0.05) is 83.1 Å². The molecule has 12 atom stereocenters. The maximum Gasteiger partial charge on any atom is 0.387 e. The quantitative estimate of drug-likeness (QED) is 0.0717. The first-order chi connectivity index (χ1) is 37.6. The van der Waals surface area contributed by atoms with Gasteiger partial charge in [-0.05, 0) is 94.8 Å². The van der Waals surface area contributed by atoms with Gasteiger partial charge in [0.15, 0.2) is 64.5 Å². The van der Waals surface area contributed by atoms with Crippen molar-refractivity contribution >= 4 is 33.3 Å². The van der Waals surface area contributed by atoms with Crippen LogP contribution in [0.2, 0.25) is 74.0 Å². The van der Waals surface area contributed by atoms with Gasteiger partial charge in [0, 0.05) is 53.0 Å². The molecule has 27 heteroatoms. The van der Waals surface area contributed by atoms with E-state index in [1.54, 1.807) is 27.0 Å². The number of hydrogen-bond acceptors (Lipinski definition) is 15. The van der Waals surface area contributed by atoms with Crippen LogP contribution in [0.5, 0.6) is 0 Å². The zero-order valence-corrected chi connectivity index (χ0v) is 57.4. The molecule has 83 heavy (non-hydrogen) atoms. The van der Waals surface area contributed by atoms with Crippen LogP contribution in [0, 0.1) is 51.7 Å². The molecule has 4 aliphatic rings. The number of rotatable bonds is 13. The van der Waals surface area contributed by atoms with Crippen molar-refractivity contribution in [2.45, 2.75) is 232 Å². The number of aromatic nitrogens is 6. The first-order valence-electron chi connectivity index (χ1n) is 28.3. The predicted octanol–water partition coefficient (Wildman–Crippen LogP) is 8.00. The normalized spacial score (nSPS) is 29.4. The Balaban J connectivity index is 0.000000229. The molecule has 3 aromatic rings. The SMILES string of the molecule is Cc1cn(C2OC3(CO3)C(O[Si](C)(C)C(C)(C)C)C2C)c(=O)[nH]c1=O.[C-]#[N+]C1(CO)OC(n2cc(C)c(=O)[nH]c2=O)C(C)C1O[Si](C)(C)C(C)(C)C.[C-]#[N+]C1(CO[Si](C)(C)C)OC(n2cc(C)c(=O)[nH]c2=O)C(C)C1O[Si](C)(C)C(C)(C)C. The molecular formula is C56H94N8O15Si4. The summed E-state index contributed by atoms with van der Waals surface area (Å²) in [6.07, 6.45) is 0.830. The molecule has 3 aromatic heterocycles. The average Bonchev–Trinajstić information content (AvgIpc) is 1.76. The van der Waals surface area contributed by atoms with Crippen LogP contribution in [-0.4, -0.2) is 122 Å². The number of hydrogen-bond donors (Lipinski definition) is 4. The molecule has 464 valence electrons. The summed E-state index contributed by atoms with van der Waals surface area (Å²) in [5.74, 6) is -1.55. The van der Waals surface area contributed by atoms with E-state index in [-0.39, 0.29) is 51.1 Å².